The molecule has 2 rings (SSSR count). The van der Waals surface area contributed by atoms with Crippen molar-refractivity contribution in [3.05, 3.63) is 48.0 Å². The molecule has 84 valence electrons. The smallest absolute Gasteiger partial charge is 0.163 e. The van der Waals surface area contributed by atoms with Gasteiger partial charge in [0, 0.05) is 11.6 Å². The van der Waals surface area contributed by atoms with Crippen LogP contribution in [0, 0.1) is 5.82 Å². The van der Waals surface area contributed by atoms with E-state index in [1.165, 1.54) is 18.4 Å². The van der Waals surface area contributed by atoms with Gasteiger partial charge >= 0.3 is 0 Å². The Bertz CT molecular complexity index is 439. The number of hydrogen-bond donors (Lipinski definition) is 0. The second kappa shape index (κ2) is 4.08. The third-order valence-corrected chi connectivity index (χ3v) is 2.94. The first-order chi connectivity index (χ1) is 7.68. The standard InChI is InChI=1S/C13H13FO2/c1-2-13(9-10(15)7-8-16-13)11-5-3-4-6-12(11)14/h3-8H,2,9H2,1H3. The average Bonchev–Trinajstić information content (AvgIpc) is 2.29. The summed E-state index contributed by atoms with van der Waals surface area (Å²) in [5, 5.41) is 0. The molecule has 0 amide bonds. The van der Waals surface area contributed by atoms with Crippen LogP contribution in [0.3, 0.4) is 0 Å². The lowest BCUT2D eigenvalue weighted by atomic mass is 9.84. The Kier molecular flexibility index (Phi) is 2.77. The van der Waals surface area contributed by atoms with Crippen LogP contribution in [-0.2, 0) is 15.1 Å². The molecule has 16 heavy (non-hydrogen) atoms. The van der Waals surface area contributed by atoms with Crippen LogP contribution in [-0.4, -0.2) is 5.78 Å². The van der Waals surface area contributed by atoms with Gasteiger partial charge in [-0.1, -0.05) is 25.1 Å². The summed E-state index contributed by atoms with van der Waals surface area (Å²) in [6.45, 7) is 1.89. The van der Waals surface area contributed by atoms with E-state index >= 15 is 0 Å². The monoisotopic (exact) mass is 220 g/mol. The number of carbonyl (C=O) groups is 1. The Labute approximate surface area is 93.7 Å². The predicted octanol–water partition coefficient (Wildman–Crippen LogP) is 2.93. The SMILES string of the molecule is CCC1(c2ccccc2F)CC(=O)C=CO1. The van der Waals surface area contributed by atoms with E-state index < -0.39 is 5.60 Å². The number of hydrogen-bond acceptors (Lipinski definition) is 2. The van der Waals surface area contributed by atoms with Crippen molar-refractivity contribution >= 4 is 5.78 Å². The van der Waals surface area contributed by atoms with Crippen LogP contribution >= 0.6 is 0 Å². The van der Waals surface area contributed by atoms with Crippen LogP contribution in [0.5, 0.6) is 0 Å². The molecule has 1 unspecified atom stereocenters. The van der Waals surface area contributed by atoms with Crippen molar-refractivity contribution in [2.45, 2.75) is 25.4 Å². The molecule has 0 bridgehead atoms. The zero-order chi connectivity index (χ0) is 11.6. The Morgan fingerprint density at radius 3 is 2.81 bits per heavy atom. The van der Waals surface area contributed by atoms with Crippen LogP contribution in [0.4, 0.5) is 4.39 Å². The molecule has 1 aromatic carbocycles. The van der Waals surface area contributed by atoms with Crippen LogP contribution in [0.15, 0.2) is 36.6 Å². The summed E-state index contributed by atoms with van der Waals surface area (Å²) in [6, 6.07) is 6.44. The van der Waals surface area contributed by atoms with Crippen molar-refractivity contribution in [1.82, 2.24) is 0 Å². The molecule has 0 saturated carbocycles. The largest absolute Gasteiger partial charge is 0.489 e. The highest BCUT2D eigenvalue weighted by Gasteiger charge is 2.37. The van der Waals surface area contributed by atoms with E-state index in [1.807, 2.05) is 6.92 Å². The van der Waals surface area contributed by atoms with Gasteiger partial charge in [-0.3, -0.25) is 4.79 Å². The van der Waals surface area contributed by atoms with Gasteiger partial charge in [0.05, 0.1) is 12.7 Å². The topological polar surface area (TPSA) is 26.3 Å². The van der Waals surface area contributed by atoms with E-state index in [9.17, 15) is 9.18 Å². The number of halogens is 1. The summed E-state index contributed by atoms with van der Waals surface area (Å²) in [5.74, 6) is -0.358. The number of ketones is 1. The minimum absolute atomic E-state index is 0.0312. The first kappa shape index (κ1) is 10.9. The summed E-state index contributed by atoms with van der Waals surface area (Å²) in [5.41, 5.74) is -0.382. The molecule has 0 aromatic heterocycles. The highest BCUT2D eigenvalue weighted by Crippen LogP contribution is 2.37. The van der Waals surface area contributed by atoms with Gasteiger partial charge in [-0.25, -0.2) is 4.39 Å². The average molecular weight is 220 g/mol. The van der Waals surface area contributed by atoms with Crippen molar-refractivity contribution in [3.63, 3.8) is 0 Å². The number of ether oxygens (including phenoxy) is 1. The molecule has 0 saturated heterocycles. The fraction of sp³-hybridized carbons (Fsp3) is 0.308. The van der Waals surface area contributed by atoms with Crippen LogP contribution in [0.25, 0.3) is 0 Å². The predicted molar refractivity (Wildman–Crippen MR) is 58.2 cm³/mol. The molecule has 0 N–H and O–H groups in total. The molecule has 1 atom stereocenters. The molecule has 0 radical (unpaired) electrons. The number of rotatable bonds is 2. The summed E-state index contributed by atoms with van der Waals surface area (Å²) in [6.07, 6.45) is 3.50. The second-order valence-electron chi connectivity index (χ2n) is 3.89. The maximum absolute atomic E-state index is 13.7. The molecule has 0 fully saturated rings. The lowest BCUT2D eigenvalue weighted by molar-refractivity contribution is -0.123. The van der Waals surface area contributed by atoms with Gasteiger partial charge in [0.25, 0.3) is 0 Å². The van der Waals surface area contributed by atoms with Crippen LogP contribution in [0.2, 0.25) is 0 Å². The fourth-order valence-electron chi connectivity index (χ4n) is 2.01. The molecule has 1 aliphatic heterocycles. The van der Waals surface area contributed by atoms with Crippen molar-refractivity contribution in [1.29, 1.82) is 0 Å². The first-order valence-corrected chi connectivity index (χ1v) is 5.30. The third kappa shape index (κ3) is 1.73. The quantitative estimate of drug-likeness (QED) is 0.766. The Hall–Kier alpha value is -1.64. The zero-order valence-electron chi connectivity index (χ0n) is 9.07. The Morgan fingerprint density at radius 2 is 2.19 bits per heavy atom. The summed E-state index contributed by atoms with van der Waals surface area (Å²) >= 11 is 0. The first-order valence-electron chi connectivity index (χ1n) is 5.30. The number of allylic oxidation sites excluding steroid dienone is 1. The molecule has 1 heterocycles. The van der Waals surface area contributed by atoms with Gasteiger partial charge in [-0.2, -0.15) is 0 Å². The Morgan fingerprint density at radius 1 is 1.44 bits per heavy atom. The molecule has 0 spiro atoms. The molecular weight excluding hydrogens is 207 g/mol. The highest BCUT2D eigenvalue weighted by molar-refractivity contribution is 5.91. The van der Waals surface area contributed by atoms with Gasteiger partial charge in [0.1, 0.15) is 11.4 Å². The van der Waals surface area contributed by atoms with Gasteiger partial charge in [-0.05, 0) is 12.5 Å². The molecule has 1 aromatic rings. The van der Waals surface area contributed by atoms with E-state index in [0.717, 1.165) is 0 Å². The molecule has 0 aliphatic carbocycles. The van der Waals surface area contributed by atoms with Gasteiger partial charge in [-0.15, -0.1) is 0 Å². The van der Waals surface area contributed by atoms with Gasteiger partial charge < -0.3 is 4.74 Å². The summed E-state index contributed by atoms with van der Waals surface area (Å²) < 4.78 is 19.2. The Balaban J connectivity index is 2.46. The van der Waals surface area contributed by atoms with Crippen molar-refractivity contribution < 1.29 is 13.9 Å². The zero-order valence-corrected chi connectivity index (χ0v) is 9.07. The molecule has 3 heteroatoms. The van der Waals surface area contributed by atoms with Gasteiger partial charge in [0.15, 0.2) is 5.78 Å². The van der Waals surface area contributed by atoms with Crippen molar-refractivity contribution in [3.8, 4) is 0 Å². The van der Waals surface area contributed by atoms with Crippen molar-refractivity contribution in [2.75, 3.05) is 0 Å². The molecule has 1 aliphatic rings. The summed E-state index contributed by atoms with van der Waals surface area (Å²) in [4.78, 5) is 11.4. The third-order valence-electron chi connectivity index (χ3n) is 2.94. The van der Waals surface area contributed by atoms with E-state index in [0.29, 0.717) is 12.0 Å². The fourth-order valence-corrected chi connectivity index (χ4v) is 2.01. The van der Waals surface area contributed by atoms with Gasteiger partial charge in [0.2, 0.25) is 0 Å². The second-order valence-corrected chi connectivity index (χ2v) is 3.89. The maximum atomic E-state index is 13.7. The minimum Gasteiger partial charge on any atom is -0.489 e. The van der Waals surface area contributed by atoms with E-state index in [-0.39, 0.29) is 18.0 Å². The van der Waals surface area contributed by atoms with E-state index in [2.05, 4.69) is 0 Å². The normalized spacial score (nSPS) is 24.2. The van der Waals surface area contributed by atoms with Crippen molar-refractivity contribution in [2.24, 2.45) is 0 Å². The molecule has 2 nitrogen and oxygen atoms in total. The number of benzene rings is 1. The van der Waals surface area contributed by atoms with E-state index in [4.69, 9.17) is 4.74 Å². The summed E-state index contributed by atoms with van der Waals surface area (Å²) in [7, 11) is 0. The highest BCUT2D eigenvalue weighted by atomic mass is 19.1. The maximum Gasteiger partial charge on any atom is 0.163 e. The lowest BCUT2D eigenvalue weighted by Crippen LogP contribution is -2.33. The van der Waals surface area contributed by atoms with Crippen LogP contribution in [0.1, 0.15) is 25.3 Å². The van der Waals surface area contributed by atoms with Crippen LogP contribution < -0.4 is 0 Å². The minimum atomic E-state index is -0.836. The lowest BCUT2D eigenvalue weighted by Gasteiger charge is -2.34. The molecular formula is C13H13FO2. The van der Waals surface area contributed by atoms with E-state index in [1.54, 1.807) is 18.2 Å². The number of carbonyl (C=O) groups excluding carboxylic acids is 1.